The van der Waals surface area contributed by atoms with Crippen LogP contribution < -0.4 is 4.74 Å². The Morgan fingerprint density at radius 3 is 2.62 bits per heavy atom. The first kappa shape index (κ1) is 13.2. The minimum atomic E-state index is 0.334. The van der Waals surface area contributed by atoms with Crippen molar-refractivity contribution in [3.63, 3.8) is 0 Å². The molecule has 0 spiro atoms. The summed E-state index contributed by atoms with van der Waals surface area (Å²) in [6, 6.07) is 17.1. The van der Waals surface area contributed by atoms with Crippen LogP contribution in [0.3, 0.4) is 0 Å². The number of benzene rings is 2. The largest absolute Gasteiger partial charge is 0.488 e. The van der Waals surface area contributed by atoms with Crippen molar-refractivity contribution in [3.8, 4) is 5.75 Å². The fourth-order valence-corrected chi connectivity index (χ4v) is 2.21. The van der Waals surface area contributed by atoms with E-state index in [0.717, 1.165) is 16.6 Å². The lowest BCUT2D eigenvalue weighted by atomic mass is 10.1. The molecule has 0 saturated heterocycles. The molecule has 4 nitrogen and oxygen atoms in total. The molecule has 0 radical (unpaired) electrons. The Balaban J connectivity index is 1.97. The van der Waals surface area contributed by atoms with Gasteiger partial charge >= 0.3 is 0 Å². The first-order valence-corrected chi connectivity index (χ1v) is 6.68. The summed E-state index contributed by atoms with van der Waals surface area (Å²) in [6.45, 7) is 2.35. The van der Waals surface area contributed by atoms with E-state index < -0.39 is 0 Å². The van der Waals surface area contributed by atoms with Gasteiger partial charge in [-0.05, 0) is 41.9 Å². The molecule has 3 rings (SSSR count). The highest BCUT2D eigenvalue weighted by molar-refractivity contribution is 5.93. The number of hydrogen-bond acceptors (Lipinski definition) is 4. The molecule has 0 amide bonds. The molecule has 0 fully saturated rings. The maximum Gasteiger partial charge on any atom is 0.134 e. The van der Waals surface area contributed by atoms with E-state index >= 15 is 0 Å². The summed E-state index contributed by atoms with van der Waals surface area (Å²) < 4.78 is 5.86. The smallest absolute Gasteiger partial charge is 0.134 e. The third kappa shape index (κ3) is 2.74. The molecular weight excluding hydrogens is 264 g/mol. The van der Waals surface area contributed by atoms with E-state index in [2.05, 4.69) is 10.2 Å². The van der Waals surface area contributed by atoms with Crippen LogP contribution in [0.5, 0.6) is 5.75 Å². The van der Waals surface area contributed by atoms with Gasteiger partial charge in [-0.15, -0.1) is 4.91 Å². The molecule has 0 atom stereocenters. The minimum Gasteiger partial charge on any atom is -0.488 e. The second kappa shape index (κ2) is 5.71. The number of aryl methyl sites for hydroxylation is 1. The summed E-state index contributed by atoms with van der Waals surface area (Å²) in [4.78, 5) is 15.3. The molecule has 21 heavy (non-hydrogen) atoms. The molecule has 2 aromatic carbocycles. The summed E-state index contributed by atoms with van der Waals surface area (Å²) in [6.07, 6.45) is 0. The van der Waals surface area contributed by atoms with Crippen LogP contribution in [-0.2, 0) is 6.61 Å². The zero-order chi connectivity index (χ0) is 14.7. The van der Waals surface area contributed by atoms with Crippen LogP contribution in [0.4, 0.5) is 5.69 Å². The molecule has 3 aromatic rings. The highest BCUT2D eigenvalue weighted by Crippen LogP contribution is 2.32. The molecular formula is C17H14N2O2. The summed E-state index contributed by atoms with van der Waals surface area (Å²) in [7, 11) is 0. The molecule has 0 bridgehead atoms. The molecule has 4 heteroatoms. The molecule has 0 aliphatic heterocycles. The number of rotatable bonds is 4. The van der Waals surface area contributed by atoms with Crippen LogP contribution in [0.1, 0.15) is 11.3 Å². The van der Waals surface area contributed by atoms with Crippen LogP contribution in [-0.4, -0.2) is 4.98 Å². The average molecular weight is 278 g/mol. The highest BCUT2D eigenvalue weighted by atomic mass is 16.5. The van der Waals surface area contributed by atoms with Gasteiger partial charge in [0.1, 0.15) is 23.6 Å². The van der Waals surface area contributed by atoms with Crippen molar-refractivity contribution in [2.24, 2.45) is 5.18 Å². The molecule has 0 N–H and O–H groups in total. The maximum atomic E-state index is 10.9. The van der Waals surface area contributed by atoms with Crippen molar-refractivity contribution in [1.82, 2.24) is 4.98 Å². The molecule has 0 saturated carbocycles. The summed E-state index contributed by atoms with van der Waals surface area (Å²) in [5, 5.41) is 3.83. The van der Waals surface area contributed by atoms with Gasteiger partial charge in [-0.25, -0.2) is 0 Å². The lowest BCUT2D eigenvalue weighted by Gasteiger charge is -2.10. The highest BCUT2D eigenvalue weighted by Gasteiger charge is 2.09. The van der Waals surface area contributed by atoms with Gasteiger partial charge in [0, 0.05) is 11.1 Å². The van der Waals surface area contributed by atoms with Crippen molar-refractivity contribution < 1.29 is 4.74 Å². The van der Waals surface area contributed by atoms with Crippen LogP contribution in [0.25, 0.3) is 10.9 Å². The standard InChI is InChI=1S/C17H14N2O2/c1-12-7-8-14-16(10-9-15(19-20)17(14)18-12)21-11-13-5-3-2-4-6-13/h2-10H,11H2,1H3. The number of ether oxygens (including phenoxy) is 1. The molecule has 0 aliphatic carbocycles. The molecule has 1 aromatic heterocycles. The van der Waals surface area contributed by atoms with E-state index in [1.807, 2.05) is 49.4 Å². The number of fused-ring (bicyclic) bond motifs is 1. The minimum absolute atomic E-state index is 0.334. The van der Waals surface area contributed by atoms with Gasteiger partial charge in [0.15, 0.2) is 0 Å². The first-order chi connectivity index (χ1) is 10.3. The van der Waals surface area contributed by atoms with E-state index in [0.29, 0.717) is 23.6 Å². The SMILES string of the molecule is Cc1ccc2c(OCc3ccccc3)ccc(N=O)c2n1. The molecule has 0 aliphatic rings. The van der Waals surface area contributed by atoms with Gasteiger partial charge in [0.05, 0.1) is 0 Å². The molecule has 1 heterocycles. The Morgan fingerprint density at radius 2 is 1.86 bits per heavy atom. The van der Waals surface area contributed by atoms with Crippen LogP contribution in [0, 0.1) is 11.8 Å². The molecule has 104 valence electrons. The van der Waals surface area contributed by atoms with Gasteiger partial charge in [-0.3, -0.25) is 4.98 Å². The van der Waals surface area contributed by atoms with Crippen molar-refractivity contribution in [3.05, 3.63) is 70.8 Å². The third-order valence-corrected chi connectivity index (χ3v) is 3.27. The average Bonchev–Trinajstić information content (AvgIpc) is 2.53. The number of nitrogens with zero attached hydrogens (tertiary/aromatic N) is 2. The van der Waals surface area contributed by atoms with E-state index in [9.17, 15) is 4.91 Å². The second-order valence-electron chi connectivity index (χ2n) is 4.80. The Labute approximate surface area is 122 Å². The number of pyridine rings is 1. The van der Waals surface area contributed by atoms with Gasteiger partial charge in [-0.2, -0.15) is 0 Å². The first-order valence-electron chi connectivity index (χ1n) is 6.68. The lowest BCUT2D eigenvalue weighted by molar-refractivity contribution is 0.310. The Bertz CT molecular complexity index is 785. The van der Waals surface area contributed by atoms with Crippen molar-refractivity contribution in [2.75, 3.05) is 0 Å². The van der Waals surface area contributed by atoms with Crippen molar-refractivity contribution in [2.45, 2.75) is 13.5 Å². The number of hydrogen-bond donors (Lipinski definition) is 0. The monoisotopic (exact) mass is 278 g/mol. The van der Waals surface area contributed by atoms with Gasteiger partial charge in [-0.1, -0.05) is 30.3 Å². The Morgan fingerprint density at radius 1 is 1.05 bits per heavy atom. The topological polar surface area (TPSA) is 51.5 Å². The normalized spacial score (nSPS) is 10.5. The molecule has 0 unspecified atom stereocenters. The number of nitroso groups, excluding NO2 is 1. The van der Waals surface area contributed by atoms with Gasteiger partial charge in [0.25, 0.3) is 0 Å². The predicted octanol–water partition coefficient (Wildman–Crippen LogP) is 4.52. The van der Waals surface area contributed by atoms with Crippen LogP contribution in [0.2, 0.25) is 0 Å². The Kier molecular flexibility index (Phi) is 3.60. The quantitative estimate of drug-likeness (QED) is 0.659. The Hall–Kier alpha value is -2.75. The van der Waals surface area contributed by atoms with Crippen molar-refractivity contribution in [1.29, 1.82) is 0 Å². The van der Waals surface area contributed by atoms with Gasteiger partial charge in [0.2, 0.25) is 0 Å². The zero-order valence-corrected chi connectivity index (χ0v) is 11.6. The third-order valence-electron chi connectivity index (χ3n) is 3.27. The second-order valence-corrected chi connectivity index (χ2v) is 4.80. The van der Waals surface area contributed by atoms with Gasteiger partial charge < -0.3 is 4.74 Å². The maximum absolute atomic E-state index is 10.9. The fraction of sp³-hybridized carbons (Fsp3) is 0.118. The summed E-state index contributed by atoms with van der Waals surface area (Å²) in [5.41, 5.74) is 2.84. The summed E-state index contributed by atoms with van der Waals surface area (Å²) in [5.74, 6) is 0.703. The van der Waals surface area contributed by atoms with E-state index in [1.54, 1.807) is 12.1 Å². The lowest BCUT2D eigenvalue weighted by Crippen LogP contribution is -1.96. The number of aromatic nitrogens is 1. The predicted molar refractivity (Wildman–Crippen MR) is 82.7 cm³/mol. The van der Waals surface area contributed by atoms with E-state index in [-0.39, 0.29) is 0 Å². The van der Waals surface area contributed by atoms with E-state index in [4.69, 9.17) is 4.74 Å². The van der Waals surface area contributed by atoms with Crippen LogP contribution >= 0.6 is 0 Å². The fourth-order valence-electron chi connectivity index (χ4n) is 2.21. The summed E-state index contributed by atoms with van der Waals surface area (Å²) >= 11 is 0. The van der Waals surface area contributed by atoms with E-state index in [1.165, 1.54) is 0 Å². The zero-order valence-electron chi connectivity index (χ0n) is 11.6. The van der Waals surface area contributed by atoms with Crippen LogP contribution in [0.15, 0.2) is 59.8 Å². The van der Waals surface area contributed by atoms with Crippen molar-refractivity contribution >= 4 is 16.6 Å².